The van der Waals surface area contributed by atoms with Crippen LogP contribution in [0.25, 0.3) is 0 Å². The van der Waals surface area contributed by atoms with Crippen LogP contribution >= 0.6 is 0 Å². The minimum absolute atomic E-state index is 0.110. The van der Waals surface area contributed by atoms with E-state index in [1.807, 2.05) is 0 Å². The van der Waals surface area contributed by atoms with Crippen molar-refractivity contribution in [2.75, 3.05) is 19.8 Å². The van der Waals surface area contributed by atoms with E-state index in [-0.39, 0.29) is 23.6 Å². The topological polar surface area (TPSA) is 87.9 Å². The number of nitro groups is 1. The lowest BCUT2D eigenvalue weighted by Gasteiger charge is -2.24. The number of benzene rings is 1. The minimum atomic E-state index is -0.598. The fourth-order valence-corrected chi connectivity index (χ4v) is 1.52. The Balaban J connectivity index is 2.16. The average Bonchev–Trinajstić information content (AvgIpc) is 2.40. The molecule has 0 amide bonds. The van der Waals surface area contributed by atoms with Crippen LogP contribution in [0.3, 0.4) is 0 Å². The highest BCUT2D eigenvalue weighted by Gasteiger charge is 2.18. The van der Waals surface area contributed by atoms with Gasteiger partial charge < -0.3 is 14.2 Å². The summed E-state index contributed by atoms with van der Waals surface area (Å²) in [6, 6.07) is 3.80. The van der Waals surface area contributed by atoms with Gasteiger partial charge in [0.2, 0.25) is 6.29 Å². The molecule has 0 saturated carbocycles. The molecule has 7 heteroatoms. The number of carbonyl (C=O) groups is 1. The molecule has 0 radical (unpaired) electrons. The Hall–Kier alpha value is -1.99. The van der Waals surface area contributed by atoms with Gasteiger partial charge in [-0.2, -0.15) is 0 Å². The molecular weight excluding hydrogens is 242 g/mol. The van der Waals surface area contributed by atoms with Gasteiger partial charge in [0.25, 0.3) is 5.69 Å². The molecule has 0 aromatic heterocycles. The first-order valence-corrected chi connectivity index (χ1v) is 5.30. The normalized spacial score (nSPS) is 19.2. The lowest BCUT2D eigenvalue weighted by molar-refractivity contribution is -0.384. The van der Waals surface area contributed by atoms with Gasteiger partial charge in [0.05, 0.1) is 23.7 Å². The van der Waals surface area contributed by atoms with Gasteiger partial charge in [-0.15, -0.1) is 0 Å². The number of ether oxygens (including phenoxy) is 3. The van der Waals surface area contributed by atoms with E-state index in [1.165, 1.54) is 12.1 Å². The molecule has 1 aliphatic rings. The predicted octanol–water partition coefficient (Wildman–Crippen LogP) is 1.16. The molecule has 18 heavy (non-hydrogen) atoms. The van der Waals surface area contributed by atoms with Gasteiger partial charge in [-0.1, -0.05) is 0 Å². The van der Waals surface area contributed by atoms with Crippen LogP contribution in [0.1, 0.15) is 10.4 Å². The Kier molecular flexibility index (Phi) is 3.85. The molecule has 1 heterocycles. The van der Waals surface area contributed by atoms with Gasteiger partial charge in [-0.05, 0) is 6.07 Å². The van der Waals surface area contributed by atoms with Gasteiger partial charge in [-0.25, -0.2) is 0 Å². The van der Waals surface area contributed by atoms with E-state index in [2.05, 4.69) is 0 Å². The maximum atomic E-state index is 10.9. The first kappa shape index (κ1) is 12.5. The average molecular weight is 253 g/mol. The fraction of sp³-hybridized carbons (Fsp3) is 0.364. The third-order valence-electron chi connectivity index (χ3n) is 2.37. The summed E-state index contributed by atoms with van der Waals surface area (Å²) in [5.41, 5.74) is -0.0522. The van der Waals surface area contributed by atoms with Crippen molar-refractivity contribution in [3.05, 3.63) is 33.9 Å². The number of nitro benzene ring substituents is 1. The van der Waals surface area contributed by atoms with Crippen molar-refractivity contribution in [3.8, 4) is 5.75 Å². The number of hydrogen-bond acceptors (Lipinski definition) is 6. The number of non-ortho nitro benzene ring substituents is 1. The summed E-state index contributed by atoms with van der Waals surface area (Å²) in [5.74, 6) is 0.242. The number of carbonyl (C=O) groups excluding carboxylic acids is 1. The molecular formula is C11H11NO6. The number of rotatable bonds is 4. The highest BCUT2D eigenvalue weighted by molar-refractivity contribution is 5.80. The third-order valence-corrected chi connectivity index (χ3v) is 2.37. The summed E-state index contributed by atoms with van der Waals surface area (Å²) >= 11 is 0. The fourth-order valence-electron chi connectivity index (χ4n) is 1.52. The molecule has 0 N–H and O–H groups in total. The van der Waals surface area contributed by atoms with E-state index in [4.69, 9.17) is 14.2 Å². The van der Waals surface area contributed by atoms with E-state index in [9.17, 15) is 14.9 Å². The van der Waals surface area contributed by atoms with Crippen molar-refractivity contribution in [3.63, 3.8) is 0 Å². The molecule has 96 valence electrons. The van der Waals surface area contributed by atoms with Crippen LogP contribution in [0.2, 0.25) is 0 Å². The smallest absolute Gasteiger partial charge is 0.270 e. The molecule has 0 bridgehead atoms. The molecule has 1 aromatic rings. The van der Waals surface area contributed by atoms with Crippen LogP contribution in [0.5, 0.6) is 5.75 Å². The molecule has 1 saturated heterocycles. The van der Waals surface area contributed by atoms with Crippen molar-refractivity contribution in [2.45, 2.75) is 6.29 Å². The first-order chi connectivity index (χ1) is 8.70. The van der Waals surface area contributed by atoms with Crippen molar-refractivity contribution < 1.29 is 23.9 Å². The van der Waals surface area contributed by atoms with Crippen LogP contribution in [-0.4, -0.2) is 37.3 Å². The highest BCUT2D eigenvalue weighted by atomic mass is 16.7. The number of hydrogen-bond donors (Lipinski definition) is 0. The highest BCUT2D eigenvalue weighted by Crippen LogP contribution is 2.24. The lowest BCUT2D eigenvalue weighted by Crippen LogP contribution is -2.33. The summed E-state index contributed by atoms with van der Waals surface area (Å²) in [7, 11) is 0. The van der Waals surface area contributed by atoms with Gasteiger partial charge in [-0.3, -0.25) is 14.9 Å². The van der Waals surface area contributed by atoms with Crippen molar-refractivity contribution >= 4 is 12.0 Å². The SMILES string of the molecule is O=Cc1cc([N+](=O)[O-])ccc1OC1COCCO1. The van der Waals surface area contributed by atoms with Crippen molar-refractivity contribution in [1.29, 1.82) is 0 Å². The van der Waals surface area contributed by atoms with Gasteiger partial charge in [0, 0.05) is 12.1 Å². The Morgan fingerprint density at radius 3 is 2.89 bits per heavy atom. The third kappa shape index (κ3) is 2.82. The van der Waals surface area contributed by atoms with Gasteiger partial charge >= 0.3 is 0 Å². The molecule has 2 rings (SSSR count). The van der Waals surface area contributed by atoms with Crippen LogP contribution in [0.15, 0.2) is 18.2 Å². The monoisotopic (exact) mass is 253 g/mol. The zero-order valence-electron chi connectivity index (χ0n) is 9.40. The molecule has 7 nitrogen and oxygen atoms in total. The van der Waals surface area contributed by atoms with E-state index < -0.39 is 11.2 Å². The second-order valence-corrected chi connectivity index (χ2v) is 3.59. The number of aldehydes is 1. The van der Waals surface area contributed by atoms with E-state index in [0.717, 1.165) is 6.07 Å². The molecule has 0 spiro atoms. The Labute approximate surface area is 102 Å². The van der Waals surface area contributed by atoms with E-state index in [1.54, 1.807) is 0 Å². The Morgan fingerprint density at radius 2 is 2.28 bits per heavy atom. The molecule has 1 atom stereocenters. The minimum Gasteiger partial charge on any atom is -0.462 e. The summed E-state index contributed by atoms with van der Waals surface area (Å²) < 4.78 is 15.8. The predicted molar refractivity (Wildman–Crippen MR) is 59.7 cm³/mol. The first-order valence-electron chi connectivity index (χ1n) is 5.30. The maximum absolute atomic E-state index is 10.9. The number of nitrogens with zero attached hydrogens (tertiary/aromatic N) is 1. The Bertz CT molecular complexity index is 455. The second kappa shape index (κ2) is 5.56. The van der Waals surface area contributed by atoms with Crippen LogP contribution in [0.4, 0.5) is 5.69 Å². The molecule has 1 aliphatic heterocycles. The van der Waals surface area contributed by atoms with E-state index in [0.29, 0.717) is 19.5 Å². The molecule has 0 aliphatic carbocycles. The zero-order chi connectivity index (χ0) is 13.0. The summed E-state index contributed by atoms with van der Waals surface area (Å²) in [5, 5.41) is 10.6. The summed E-state index contributed by atoms with van der Waals surface area (Å²) in [6.45, 7) is 1.17. The zero-order valence-corrected chi connectivity index (χ0v) is 9.40. The molecule has 1 aromatic carbocycles. The Morgan fingerprint density at radius 1 is 1.44 bits per heavy atom. The van der Waals surface area contributed by atoms with Crippen LogP contribution in [-0.2, 0) is 9.47 Å². The summed E-state index contributed by atoms with van der Waals surface area (Å²) in [4.78, 5) is 20.9. The molecule has 1 fully saturated rings. The van der Waals surface area contributed by atoms with Crippen LogP contribution < -0.4 is 4.74 Å². The van der Waals surface area contributed by atoms with Crippen molar-refractivity contribution in [2.24, 2.45) is 0 Å². The van der Waals surface area contributed by atoms with Crippen LogP contribution in [0, 0.1) is 10.1 Å². The standard InChI is InChI=1S/C11H11NO6/c13-6-8-5-9(12(14)15)1-2-10(8)18-11-7-16-3-4-17-11/h1-2,5-6,11H,3-4,7H2. The maximum Gasteiger partial charge on any atom is 0.270 e. The van der Waals surface area contributed by atoms with Gasteiger partial charge in [0.1, 0.15) is 12.4 Å². The second-order valence-electron chi connectivity index (χ2n) is 3.59. The summed E-state index contributed by atoms with van der Waals surface area (Å²) in [6.07, 6.45) is -0.0923. The largest absolute Gasteiger partial charge is 0.462 e. The lowest BCUT2D eigenvalue weighted by atomic mass is 10.2. The van der Waals surface area contributed by atoms with E-state index >= 15 is 0 Å². The quantitative estimate of drug-likeness (QED) is 0.454. The van der Waals surface area contributed by atoms with Gasteiger partial charge in [0.15, 0.2) is 6.29 Å². The molecule has 1 unspecified atom stereocenters. The van der Waals surface area contributed by atoms with Crippen molar-refractivity contribution in [1.82, 2.24) is 0 Å².